The second kappa shape index (κ2) is 6.53. The van der Waals surface area contributed by atoms with Crippen molar-refractivity contribution in [1.29, 1.82) is 5.26 Å². The highest BCUT2D eigenvalue weighted by molar-refractivity contribution is 5.95. The van der Waals surface area contributed by atoms with E-state index >= 15 is 0 Å². The molecule has 0 heterocycles. The predicted octanol–water partition coefficient (Wildman–Crippen LogP) is 3.05. The maximum absolute atomic E-state index is 12.2. The standard InChI is InChI=1S/C17H16N2O/c1-2-15-5-3-4-6-16(15)17(20)19-12-14-9-7-13(11-18)8-10-14/h3-10H,2,12H2,1H3,(H,19,20). The van der Waals surface area contributed by atoms with Gasteiger partial charge in [0.15, 0.2) is 0 Å². The van der Waals surface area contributed by atoms with Crippen LogP contribution in [0.4, 0.5) is 0 Å². The van der Waals surface area contributed by atoms with Crippen LogP contribution in [0.5, 0.6) is 0 Å². The van der Waals surface area contributed by atoms with Gasteiger partial charge in [0.05, 0.1) is 11.6 Å². The number of carbonyl (C=O) groups excluding carboxylic acids is 1. The summed E-state index contributed by atoms with van der Waals surface area (Å²) in [4.78, 5) is 12.2. The number of benzene rings is 2. The van der Waals surface area contributed by atoms with Crippen LogP contribution >= 0.6 is 0 Å². The molecule has 0 bridgehead atoms. The molecule has 0 atom stereocenters. The van der Waals surface area contributed by atoms with E-state index in [-0.39, 0.29) is 5.91 Å². The fourth-order valence-electron chi connectivity index (χ4n) is 2.02. The number of nitriles is 1. The van der Waals surface area contributed by atoms with Gasteiger partial charge in [-0.3, -0.25) is 4.79 Å². The summed E-state index contributed by atoms with van der Waals surface area (Å²) in [5, 5.41) is 11.6. The summed E-state index contributed by atoms with van der Waals surface area (Å²) in [6.45, 7) is 2.50. The van der Waals surface area contributed by atoms with E-state index in [9.17, 15) is 4.79 Å². The van der Waals surface area contributed by atoms with Crippen molar-refractivity contribution in [1.82, 2.24) is 5.32 Å². The van der Waals surface area contributed by atoms with E-state index in [0.29, 0.717) is 12.1 Å². The van der Waals surface area contributed by atoms with Crippen LogP contribution in [-0.4, -0.2) is 5.91 Å². The van der Waals surface area contributed by atoms with Crippen LogP contribution in [-0.2, 0) is 13.0 Å². The van der Waals surface area contributed by atoms with E-state index in [2.05, 4.69) is 11.4 Å². The average molecular weight is 264 g/mol. The zero-order valence-corrected chi connectivity index (χ0v) is 11.4. The largest absolute Gasteiger partial charge is 0.348 e. The summed E-state index contributed by atoms with van der Waals surface area (Å²) in [7, 11) is 0. The lowest BCUT2D eigenvalue weighted by Crippen LogP contribution is -2.23. The monoisotopic (exact) mass is 264 g/mol. The first-order valence-corrected chi connectivity index (χ1v) is 6.59. The molecule has 0 unspecified atom stereocenters. The van der Waals surface area contributed by atoms with Gasteiger partial charge in [-0.05, 0) is 35.7 Å². The molecule has 0 aliphatic carbocycles. The summed E-state index contributed by atoms with van der Waals surface area (Å²) in [6, 6.07) is 16.9. The zero-order chi connectivity index (χ0) is 14.4. The second-order valence-electron chi connectivity index (χ2n) is 4.50. The molecule has 0 radical (unpaired) electrons. The molecule has 0 saturated carbocycles. The molecule has 0 spiro atoms. The Morgan fingerprint density at radius 2 is 1.85 bits per heavy atom. The van der Waals surface area contributed by atoms with Gasteiger partial charge in [-0.1, -0.05) is 37.3 Å². The van der Waals surface area contributed by atoms with Crippen molar-refractivity contribution in [2.24, 2.45) is 0 Å². The number of amides is 1. The molecule has 0 saturated heterocycles. The van der Waals surface area contributed by atoms with E-state index in [4.69, 9.17) is 5.26 Å². The highest BCUT2D eigenvalue weighted by atomic mass is 16.1. The highest BCUT2D eigenvalue weighted by Crippen LogP contribution is 2.10. The lowest BCUT2D eigenvalue weighted by molar-refractivity contribution is 0.0950. The van der Waals surface area contributed by atoms with Gasteiger partial charge in [-0.25, -0.2) is 0 Å². The molecule has 100 valence electrons. The van der Waals surface area contributed by atoms with Gasteiger partial charge in [0.25, 0.3) is 5.91 Å². The van der Waals surface area contributed by atoms with Crippen molar-refractivity contribution in [2.45, 2.75) is 19.9 Å². The Labute approximate surface area is 118 Å². The van der Waals surface area contributed by atoms with Crippen molar-refractivity contribution >= 4 is 5.91 Å². The first-order chi connectivity index (χ1) is 9.74. The molecule has 0 fully saturated rings. The molecule has 2 rings (SSSR count). The van der Waals surface area contributed by atoms with Crippen molar-refractivity contribution in [3.05, 3.63) is 70.8 Å². The molecule has 20 heavy (non-hydrogen) atoms. The normalized spacial score (nSPS) is 9.80. The van der Waals surface area contributed by atoms with Crippen molar-refractivity contribution in [3.63, 3.8) is 0 Å². The number of carbonyl (C=O) groups is 1. The van der Waals surface area contributed by atoms with Crippen molar-refractivity contribution in [2.75, 3.05) is 0 Å². The molecule has 0 aliphatic heterocycles. The number of nitrogens with one attached hydrogen (secondary N) is 1. The SMILES string of the molecule is CCc1ccccc1C(=O)NCc1ccc(C#N)cc1. The molecule has 1 N–H and O–H groups in total. The van der Waals surface area contributed by atoms with Crippen LogP contribution < -0.4 is 5.32 Å². The first kappa shape index (κ1) is 13.8. The average Bonchev–Trinajstić information content (AvgIpc) is 2.53. The Kier molecular flexibility index (Phi) is 4.52. The Bertz CT molecular complexity index is 639. The number of nitrogens with zero attached hydrogens (tertiary/aromatic N) is 1. The highest BCUT2D eigenvalue weighted by Gasteiger charge is 2.08. The lowest BCUT2D eigenvalue weighted by atomic mass is 10.0. The molecule has 3 heteroatoms. The van der Waals surface area contributed by atoms with Crippen LogP contribution in [0, 0.1) is 11.3 Å². The summed E-state index contributed by atoms with van der Waals surface area (Å²) in [5.41, 5.74) is 3.37. The molecule has 2 aromatic carbocycles. The quantitative estimate of drug-likeness (QED) is 0.922. The van der Waals surface area contributed by atoms with Crippen molar-refractivity contribution in [3.8, 4) is 6.07 Å². The van der Waals surface area contributed by atoms with Gasteiger partial charge < -0.3 is 5.32 Å². The van der Waals surface area contributed by atoms with E-state index < -0.39 is 0 Å². The van der Waals surface area contributed by atoms with Crippen LogP contribution in [0.2, 0.25) is 0 Å². The molecular formula is C17H16N2O. The summed E-state index contributed by atoms with van der Waals surface area (Å²) >= 11 is 0. The van der Waals surface area contributed by atoms with Gasteiger partial charge in [0.2, 0.25) is 0 Å². The fraction of sp³-hybridized carbons (Fsp3) is 0.176. The van der Waals surface area contributed by atoms with Gasteiger partial charge in [0.1, 0.15) is 0 Å². The topological polar surface area (TPSA) is 52.9 Å². The third-order valence-corrected chi connectivity index (χ3v) is 3.18. The minimum Gasteiger partial charge on any atom is -0.348 e. The van der Waals surface area contributed by atoms with Crippen LogP contribution in [0.25, 0.3) is 0 Å². The minimum atomic E-state index is -0.0631. The van der Waals surface area contributed by atoms with Gasteiger partial charge >= 0.3 is 0 Å². The first-order valence-electron chi connectivity index (χ1n) is 6.59. The summed E-state index contributed by atoms with van der Waals surface area (Å²) < 4.78 is 0. The lowest BCUT2D eigenvalue weighted by Gasteiger charge is -2.09. The molecule has 0 aromatic heterocycles. The number of aryl methyl sites for hydroxylation is 1. The van der Waals surface area contributed by atoms with Gasteiger partial charge in [-0.15, -0.1) is 0 Å². The Balaban J connectivity index is 2.03. The second-order valence-corrected chi connectivity index (χ2v) is 4.50. The molecule has 0 aliphatic rings. The Morgan fingerprint density at radius 1 is 1.15 bits per heavy atom. The summed E-state index contributed by atoms with van der Waals surface area (Å²) in [5.74, 6) is -0.0631. The number of hydrogen-bond donors (Lipinski definition) is 1. The minimum absolute atomic E-state index is 0.0631. The number of rotatable bonds is 4. The Hall–Kier alpha value is -2.60. The van der Waals surface area contributed by atoms with Crippen LogP contribution in [0.15, 0.2) is 48.5 Å². The van der Waals surface area contributed by atoms with Crippen LogP contribution in [0.1, 0.15) is 34.0 Å². The maximum Gasteiger partial charge on any atom is 0.251 e. The molecular weight excluding hydrogens is 248 g/mol. The third-order valence-electron chi connectivity index (χ3n) is 3.18. The third kappa shape index (κ3) is 3.24. The van der Waals surface area contributed by atoms with E-state index in [1.54, 1.807) is 12.1 Å². The van der Waals surface area contributed by atoms with E-state index in [1.165, 1.54) is 0 Å². The Morgan fingerprint density at radius 3 is 2.50 bits per heavy atom. The molecule has 1 amide bonds. The van der Waals surface area contributed by atoms with E-state index in [0.717, 1.165) is 23.1 Å². The predicted molar refractivity (Wildman–Crippen MR) is 78.1 cm³/mol. The van der Waals surface area contributed by atoms with Crippen molar-refractivity contribution < 1.29 is 4.79 Å². The van der Waals surface area contributed by atoms with E-state index in [1.807, 2.05) is 43.3 Å². The van der Waals surface area contributed by atoms with Crippen LogP contribution in [0.3, 0.4) is 0 Å². The smallest absolute Gasteiger partial charge is 0.251 e. The number of hydrogen-bond acceptors (Lipinski definition) is 2. The maximum atomic E-state index is 12.2. The molecule has 2 aromatic rings. The zero-order valence-electron chi connectivity index (χ0n) is 11.4. The fourth-order valence-corrected chi connectivity index (χ4v) is 2.02. The van der Waals surface area contributed by atoms with Gasteiger partial charge in [-0.2, -0.15) is 5.26 Å². The summed E-state index contributed by atoms with van der Waals surface area (Å²) in [6.07, 6.45) is 0.834. The molecule has 3 nitrogen and oxygen atoms in total. The van der Waals surface area contributed by atoms with Gasteiger partial charge in [0, 0.05) is 12.1 Å².